The number of alkyl carbamates (subject to hydrolysis) is 1. The van der Waals surface area contributed by atoms with Crippen LogP contribution in [-0.4, -0.2) is 52.7 Å². The van der Waals surface area contributed by atoms with Gasteiger partial charge in [0.1, 0.15) is 12.6 Å². The highest BCUT2D eigenvalue weighted by Gasteiger charge is 2.41. The van der Waals surface area contributed by atoms with Gasteiger partial charge in [-0.25, -0.2) is 14.6 Å². The second-order valence-corrected chi connectivity index (χ2v) is 7.95. The van der Waals surface area contributed by atoms with Crippen LogP contribution in [0.15, 0.2) is 48.5 Å². The number of benzene rings is 2. The van der Waals surface area contributed by atoms with E-state index < -0.39 is 36.0 Å². The molecular weight excluding hydrogens is 438 g/mol. The zero-order valence-electron chi connectivity index (χ0n) is 18.4. The Labute approximate surface area is 196 Å². The predicted octanol–water partition coefficient (Wildman–Crippen LogP) is 2.02. The fourth-order valence-electron chi connectivity index (χ4n) is 4.29. The van der Waals surface area contributed by atoms with Crippen LogP contribution in [0, 0.1) is 11.8 Å². The maximum absolute atomic E-state index is 12.9. The number of aliphatic carboxylic acids is 1. The molecule has 2 atom stereocenters. The first-order valence-electron chi connectivity index (χ1n) is 10.8. The van der Waals surface area contributed by atoms with Gasteiger partial charge in [0.2, 0.25) is 5.91 Å². The van der Waals surface area contributed by atoms with E-state index in [1.807, 2.05) is 48.5 Å². The average Bonchev–Trinajstić information content (AvgIpc) is 3.38. The maximum atomic E-state index is 12.9. The Hall–Kier alpha value is -4.32. The van der Waals surface area contributed by atoms with Gasteiger partial charge in [-0.15, -0.1) is 11.8 Å². The number of ether oxygens (including phenoxy) is 1. The van der Waals surface area contributed by atoms with Crippen LogP contribution in [0.25, 0.3) is 11.1 Å². The maximum Gasteiger partial charge on any atom is 0.407 e. The van der Waals surface area contributed by atoms with Gasteiger partial charge in [0.15, 0.2) is 6.04 Å². The standard InChI is InChI=1S/C25H23N3O6/c1-2-3-12-20(23(30)28-21(24(31)32)13-22(29)27-28)26-25(33)34-14-19-17-10-6-4-8-15(17)16-9-5-7-11-18(16)19/h4-11,19-21H,12-14H2,1H3,(H,26,33)(H,27,29)(H,31,32). The van der Waals surface area contributed by atoms with Crippen LogP contribution < -0.4 is 10.7 Å². The van der Waals surface area contributed by atoms with Crippen molar-refractivity contribution in [1.82, 2.24) is 15.8 Å². The third kappa shape index (κ3) is 4.43. The zero-order valence-corrected chi connectivity index (χ0v) is 18.4. The number of amides is 3. The first-order chi connectivity index (χ1) is 16.4. The van der Waals surface area contributed by atoms with Gasteiger partial charge in [-0.2, -0.15) is 0 Å². The molecule has 3 N–H and O–H groups in total. The van der Waals surface area contributed by atoms with Crippen LogP contribution in [0.3, 0.4) is 0 Å². The molecule has 34 heavy (non-hydrogen) atoms. The number of hydrogen-bond donors (Lipinski definition) is 3. The predicted molar refractivity (Wildman–Crippen MR) is 121 cm³/mol. The zero-order chi connectivity index (χ0) is 24.2. The monoisotopic (exact) mass is 461 g/mol. The Kier molecular flexibility index (Phi) is 6.50. The summed E-state index contributed by atoms with van der Waals surface area (Å²) in [6.07, 6.45) is -1.27. The average molecular weight is 461 g/mol. The number of carbonyl (C=O) groups is 4. The number of nitrogens with one attached hydrogen (secondary N) is 2. The normalized spacial score (nSPS) is 17.0. The van der Waals surface area contributed by atoms with E-state index in [0.29, 0.717) is 0 Å². The van der Waals surface area contributed by atoms with Crippen molar-refractivity contribution in [3.05, 3.63) is 59.7 Å². The SMILES string of the molecule is CC#CCC(NC(=O)OCC1c2ccccc2-c2ccccc21)C(=O)N1NC(=O)CC1C(=O)O. The van der Waals surface area contributed by atoms with Gasteiger partial charge in [0.05, 0.1) is 6.42 Å². The van der Waals surface area contributed by atoms with Gasteiger partial charge in [0, 0.05) is 12.3 Å². The van der Waals surface area contributed by atoms with E-state index in [4.69, 9.17) is 4.74 Å². The molecule has 9 nitrogen and oxygen atoms in total. The van der Waals surface area contributed by atoms with E-state index in [1.54, 1.807) is 6.92 Å². The van der Waals surface area contributed by atoms with Gasteiger partial charge in [-0.05, 0) is 29.2 Å². The molecule has 1 aliphatic carbocycles. The number of carboxylic acid groups (broad SMARTS) is 1. The molecule has 4 rings (SSSR count). The van der Waals surface area contributed by atoms with Crippen LogP contribution in [0.5, 0.6) is 0 Å². The summed E-state index contributed by atoms with van der Waals surface area (Å²) >= 11 is 0. The molecule has 1 aliphatic heterocycles. The molecule has 0 aromatic heterocycles. The Morgan fingerprint density at radius 2 is 1.76 bits per heavy atom. The molecule has 0 spiro atoms. The largest absolute Gasteiger partial charge is 0.480 e. The number of carbonyl (C=O) groups excluding carboxylic acids is 3. The van der Waals surface area contributed by atoms with Crippen LogP contribution in [0.4, 0.5) is 4.79 Å². The third-order valence-corrected chi connectivity index (χ3v) is 5.87. The summed E-state index contributed by atoms with van der Waals surface area (Å²) in [5, 5.41) is 12.5. The van der Waals surface area contributed by atoms with Crippen molar-refractivity contribution in [3.8, 4) is 23.0 Å². The number of nitrogens with zero attached hydrogens (tertiary/aromatic N) is 1. The second kappa shape index (κ2) is 9.67. The molecular formula is C25H23N3O6. The first kappa shape index (κ1) is 22.9. The first-order valence-corrected chi connectivity index (χ1v) is 10.8. The molecule has 2 aromatic rings. The van der Waals surface area contributed by atoms with Crippen molar-refractivity contribution < 1.29 is 29.0 Å². The minimum atomic E-state index is -1.36. The van der Waals surface area contributed by atoms with Gasteiger partial charge in [-0.3, -0.25) is 15.0 Å². The fraction of sp³-hybridized carbons (Fsp3) is 0.280. The second-order valence-electron chi connectivity index (χ2n) is 7.95. The van der Waals surface area contributed by atoms with Crippen LogP contribution in [0.1, 0.15) is 36.8 Å². The molecule has 2 unspecified atom stereocenters. The summed E-state index contributed by atoms with van der Waals surface area (Å²) < 4.78 is 5.49. The summed E-state index contributed by atoms with van der Waals surface area (Å²) in [4.78, 5) is 48.7. The summed E-state index contributed by atoms with van der Waals surface area (Å²) in [5.74, 6) is 2.49. The topological polar surface area (TPSA) is 125 Å². The van der Waals surface area contributed by atoms with E-state index in [9.17, 15) is 24.3 Å². The Morgan fingerprint density at radius 1 is 1.15 bits per heavy atom. The summed E-state index contributed by atoms with van der Waals surface area (Å²) in [6, 6.07) is 13.3. The lowest BCUT2D eigenvalue weighted by atomic mass is 9.98. The fourth-order valence-corrected chi connectivity index (χ4v) is 4.29. The highest BCUT2D eigenvalue weighted by molar-refractivity contribution is 5.96. The summed E-state index contributed by atoms with van der Waals surface area (Å²) in [6.45, 7) is 1.63. The van der Waals surface area contributed by atoms with E-state index in [-0.39, 0.29) is 25.4 Å². The molecule has 1 heterocycles. The smallest absolute Gasteiger partial charge is 0.407 e. The van der Waals surface area contributed by atoms with E-state index in [2.05, 4.69) is 22.6 Å². The Balaban J connectivity index is 1.46. The molecule has 2 aliphatic rings. The van der Waals surface area contributed by atoms with E-state index in [1.165, 1.54) is 0 Å². The van der Waals surface area contributed by atoms with E-state index >= 15 is 0 Å². The van der Waals surface area contributed by atoms with Gasteiger partial charge in [-0.1, -0.05) is 48.5 Å². The van der Waals surface area contributed by atoms with E-state index in [0.717, 1.165) is 27.3 Å². The molecule has 0 radical (unpaired) electrons. The third-order valence-electron chi connectivity index (χ3n) is 5.87. The van der Waals surface area contributed by atoms with Gasteiger partial charge >= 0.3 is 12.1 Å². The molecule has 174 valence electrons. The number of carboxylic acids is 1. The van der Waals surface area contributed by atoms with Crippen LogP contribution in [-0.2, 0) is 19.1 Å². The number of rotatable bonds is 6. The quantitative estimate of drug-likeness (QED) is 0.566. The van der Waals surface area contributed by atoms with Crippen molar-refractivity contribution in [2.45, 2.75) is 37.8 Å². The van der Waals surface area contributed by atoms with Gasteiger partial charge in [0.25, 0.3) is 5.91 Å². The minimum Gasteiger partial charge on any atom is -0.480 e. The van der Waals surface area contributed by atoms with Crippen molar-refractivity contribution in [3.63, 3.8) is 0 Å². The highest BCUT2D eigenvalue weighted by atomic mass is 16.5. The minimum absolute atomic E-state index is 0.0540. The number of hydrogen-bond acceptors (Lipinski definition) is 5. The number of fused-ring (bicyclic) bond motifs is 3. The van der Waals surface area contributed by atoms with Gasteiger partial charge < -0.3 is 15.2 Å². The molecule has 1 saturated heterocycles. The molecule has 0 saturated carbocycles. The Bertz CT molecular complexity index is 1170. The Morgan fingerprint density at radius 3 is 2.35 bits per heavy atom. The van der Waals surface area contributed by atoms with Crippen molar-refractivity contribution in [2.24, 2.45) is 0 Å². The summed E-state index contributed by atoms with van der Waals surface area (Å²) in [5.41, 5.74) is 6.50. The summed E-state index contributed by atoms with van der Waals surface area (Å²) in [7, 11) is 0. The van der Waals surface area contributed by atoms with Crippen LogP contribution >= 0.6 is 0 Å². The molecule has 1 fully saturated rings. The lowest BCUT2D eigenvalue weighted by Crippen LogP contribution is -2.55. The van der Waals surface area contributed by atoms with Crippen molar-refractivity contribution in [2.75, 3.05) is 6.61 Å². The molecule has 3 amide bonds. The van der Waals surface area contributed by atoms with Crippen molar-refractivity contribution in [1.29, 1.82) is 0 Å². The molecule has 2 aromatic carbocycles. The number of hydrazine groups is 1. The van der Waals surface area contributed by atoms with Crippen molar-refractivity contribution >= 4 is 23.9 Å². The lowest BCUT2D eigenvalue weighted by molar-refractivity contribution is -0.151. The highest BCUT2D eigenvalue weighted by Crippen LogP contribution is 2.44. The molecule has 0 bridgehead atoms. The molecule has 9 heteroatoms. The lowest BCUT2D eigenvalue weighted by Gasteiger charge is -2.25. The van der Waals surface area contributed by atoms with Crippen LogP contribution in [0.2, 0.25) is 0 Å².